The van der Waals surface area contributed by atoms with Crippen LogP contribution in [0, 0.1) is 0 Å². The number of hydrogen-bond acceptors (Lipinski definition) is 1. The van der Waals surface area contributed by atoms with Gasteiger partial charge < -0.3 is 0 Å². The van der Waals surface area contributed by atoms with E-state index < -0.39 is 0 Å². The number of rotatable bonds is 0. The third-order valence-electron chi connectivity index (χ3n) is 1.15. The van der Waals surface area contributed by atoms with Crippen LogP contribution in [0.15, 0.2) is 0 Å². The molecule has 1 aliphatic heterocycles. The average Bonchev–Trinajstić information content (AvgIpc) is 1.69. The SMILES string of the molecule is ClC1CCSCC1. The molecule has 0 aromatic carbocycles. The van der Waals surface area contributed by atoms with Gasteiger partial charge in [0.25, 0.3) is 0 Å². The van der Waals surface area contributed by atoms with E-state index >= 15 is 0 Å². The first kappa shape index (κ1) is 5.77. The molecule has 0 aromatic rings. The Labute approximate surface area is 53.6 Å². The van der Waals surface area contributed by atoms with E-state index in [4.69, 9.17) is 11.6 Å². The maximum absolute atomic E-state index is 5.80. The van der Waals surface area contributed by atoms with Crippen molar-refractivity contribution in [1.29, 1.82) is 0 Å². The molecule has 0 N–H and O–H groups in total. The van der Waals surface area contributed by atoms with Gasteiger partial charge in [0.15, 0.2) is 0 Å². The van der Waals surface area contributed by atoms with E-state index in [-0.39, 0.29) is 0 Å². The monoisotopic (exact) mass is 136 g/mol. The summed E-state index contributed by atoms with van der Waals surface area (Å²) in [6.07, 6.45) is 2.43. The second-order valence-electron chi connectivity index (χ2n) is 1.79. The third kappa shape index (κ3) is 1.92. The van der Waals surface area contributed by atoms with Crippen LogP contribution in [0.3, 0.4) is 0 Å². The van der Waals surface area contributed by atoms with E-state index in [9.17, 15) is 0 Å². The van der Waals surface area contributed by atoms with Crippen molar-refractivity contribution in [3.8, 4) is 0 Å². The van der Waals surface area contributed by atoms with Gasteiger partial charge in [0, 0.05) is 5.38 Å². The van der Waals surface area contributed by atoms with Gasteiger partial charge in [-0.25, -0.2) is 0 Å². The normalized spacial score (nSPS) is 25.3. The van der Waals surface area contributed by atoms with Crippen molar-refractivity contribution in [3.05, 3.63) is 0 Å². The van der Waals surface area contributed by atoms with Gasteiger partial charge in [-0.05, 0) is 24.3 Å². The summed E-state index contributed by atoms with van der Waals surface area (Å²) in [6, 6.07) is 0. The molecule has 1 saturated heterocycles. The zero-order chi connectivity index (χ0) is 5.11. The summed E-state index contributed by atoms with van der Waals surface area (Å²) in [4.78, 5) is 0. The molecule has 0 nitrogen and oxygen atoms in total. The van der Waals surface area contributed by atoms with E-state index in [0.717, 1.165) is 0 Å². The van der Waals surface area contributed by atoms with Gasteiger partial charge >= 0.3 is 0 Å². The smallest absolute Gasteiger partial charge is 0.0351 e. The maximum Gasteiger partial charge on any atom is 0.0351 e. The van der Waals surface area contributed by atoms with Crippen LogP contribution in [-0.2, 0) is 0 Å². The molecule has 7 heavy (non-hydrogen) atoms. The summed E-state index contributed by atoms with van der Waals surface area (Å²) in [6.45, 7) is 0. The summed E-state index contributed by atoms with van der Waals surface area (Å²) < 4.78 is 0. The van der Waals surface area contributed by atoms with Gasteiger partial charge in [-0.3, -0.25) is 0 Å². The van der Waals surface area contributed by atoms with Crippen LogP contribution in [0.2, 0.25) is 0 Å². The fourth-order valence-electron chi connectivity index (χ4n) is 0.669. The Hall–Kier alpha value is 0.640. The van der Waals surface area contributed by atoms with Gasteiger partial charge in [-0.1, -0.05) is 0 Å². The Balaban J connectivity index is 2.12. The van der Waals surface area contributed by atoms with Crippen molar-refractivity contribution in [1.82, 2.24) is 0 Å². The molecule has 0 aliphatic carbocycles. The van der Waals surface area contributed by atoms with Crippen LogP contribution in [-0.4, -0.2) is 16.9 Å². The highest BCUT2D eigenvalue weighted by atomic mass is 35.5. The Morgan fingerprint density at radius 3 is 2.14 bits per heavy atom. The summed E-state index contributed by atoms with van der Waals surface area (Å²) in [5.74, 6) is 2.54. The lowest BCUT2D eigenvalue weighted by molar-refractivity contribution is 0.775. The van der Waals surface area contributed by atoms with Crippen LogP contribution in [0.4, 0.5) is 0 Å². The van der Waals surface area contributed by atoms with E-state index in [1.54, 1.807) is 0 Å². The van der Waals surface area contributed by atoms with Crippen LogP contribution < -0.4 is 0 Å². The number of hydrogen-bond donors (Lipinski definition) is 0. The molecular weight excluding hydrogens is 128 g/mol. The Kier molecular flexibility index (Phi) is 2.33. The molecule has 42 valence electrons. The Morgan fingerprint density at radius 2 is 1.86 bits per heavy atom. The average molecular weight is 137 g/mol. The number of halogens is 1. The van der Waals surface area contributed by atoms with Crippen LogP contribution >= 0.6 is 23.4 Å². The van der Waals surface area contributed by atoms with Crippen LogP contribution in [0.1, 0.15) is 12.8 Å². The molecule has 0 aromatic heterocycles. The van der Waals surface area contributed by atoms with Gasteiger partial charge in [0.2, 0.25) is 0 Å². The third-order valence-corrected chi connectivity index (χ3v) is 2.64. The predicted octanol–water partition coefficient (Wildman–Crippen LogP) is 2.12. The number of thioether (sulfide) groups is 1. The van der Waals surface area contributed by atoms with Crippen molar-refractivity contribution < 1.29 is 0 Å². The van der Waals surface area contributed by atoms with Crippen molar-refractivity contribution in [2.45, 2.75) is 18.2 Å². The standard InChI is InChI=1S/C5H9ClS/c6-5-1-3-7-4-2-5/h5H,1-4H2. The Bertz CT molecular complexity index is 50.0. The molecule has 0 saturated carbocycles. The summed E-state index contributed by atoms with van der Waals surface area (Å²) in [5, 5.41) is 0.487. The van der Waals surface area contributed by atoms with E-state index in [0.29, 0.717) is 5.38 Å². The molecule has 0 spiro atoms. The van der Waals surface area contributed by atoms with Crippen LogP contribution in [0.25, 0.3) is 0 Å². The first-order valence-corrected chi connectivity index (χ1v) is 4.20. The summed E-state index contributed by atoms with van der Waals surface area (Å²) >= 11 is 7.82. The Morgan fingerprint density at radius 1 is 1.29 bits per heavy atom. The molecular formula is C5H9ClS. The largest absolute Gasteiger partial charge is 0.162 e. The van der Waals surface area contributed by atoms with Gasteiger partial charge in [0.05, 0.1) is 0 Å². The zero-order valence-electron chi connectivity index (χ0n) is 4.19. The minimum atomic E-state index is 0.487. The molecule has 0 amide bonds. The molecule has 1 heterocycles. The highest BCUT2D eigenvalue weighted by molar-refractivity contribution is 7.99. The molecule has 2 heteroatoms. The molecule has 0 bridgehead atoms. The zero-order valence-corrected chi connectivity index (χ0v) is 5.76. The minimum absolute atomic E-state index is 0.487. The summed E-state index contributed by atoms with van der Waals surface area (Å²) in [7, 11) is 0. The van der Waals surface area contributed by atoms with E-state index in [2.05, 4.69) is 0 Å². The lowest BCUT2D eigenvalue weighted by atomic mass is 10.3. The van der Waals surface area contributed by atoms with Crippen molar-refractivity contribution in [2.75, 3.05) is 11.5 Å². The fraction of sp³-hybridized carbons (Fsp3) is 1.00. The fourth-order valence-corrected chi connectivity index (χ4v) is 2.25. The first-order valence-electron chi connectivity index (χ1n) is 2.61. The molecule has 0 unspecified atom stereocenters. The van der Waals surface area contributed by atoms with E-state index in [1.165, 1.54) is 24.3 Å². The second-order valence-corrected chi connectivity index (χ2v) is 3.63. The number of alkyl halides is 1. The topological polar surface area (TPSA) is 0 Å². The molecule has 1 fully saturated rings. The van der Waals surface area contributed by atoms with Gasteiger partial charge in [-0.2, -0.15) is 11.8 Å². The quantitative estimate of drug-likeness (QED) is 0.460. The van der Waals surface area contributed by atoms with Crippen LogP contribution in [0.5, 0.6) is 0 Å². The maximum atomic E-state index is 5.80. The second kappa shape index (κ2) is 2.83. The lowest BCUT2D eigenvalue weighted by Gasteiger charge is -2.13. The highest BCUT2D eigenvalue weighted by Gasteiger charge is 2.08. The lowest BCUT2D eigenvalue weighted by Crippen LogP contribution is -2.07. The van der Waals surface area contributed by atoms with Gasteiger partial charge in [-0.15, -0.1) is 11.6 Å². The van der Waals surface area contributed by atoms with Crippen molar-refractivity contribution in [2.24, 2.45) is 0 Å². The van der Waals surface area contributed by atoms with Gasteiger partial charge in [0.1, 0.15) is 0 Å². The van der Waals surface area contributed by atoms with Crippen molar-refractivity contribution >= 4 is 23.4 Å². The summed E-state index contributed by atoms with van der Waals surface area (Å²) in [5.41, 5.74) is 0. The predicted molar refractivity (Wildman–Crippen MR) is 36.2 cm³/mol. The molecule has 1 rings (SSSR count). The highest BCUT2D eigenvalue weighted by Crippen LogP contribution is 2.20. The van der Waals surface area contributed by atoms with E-state index in [1.807, 2.05) is 11.8 Å². The van der Waals surface area contributed by atoms with Crippen molar-refractivity contribution in [3.63, 3.8) is 0 Å². The first-order chi connectivity index (χ1) is 3.39. The molecule has 0 radical (unpaired) electrons. The molecule has 1 aliphatic rings. The molecule has 0 atom stereocenters. The minimum Gasteiger partial charge on any atom is -0.162 e.